The molecule has 4 nitrogen and oxygen atoms in total. The van der Waals surface area contributed by atoms with E-state index in [1.165, 1.54) is 0 Å². The van der Waals surface area contributed by atoms with Crippen LogP contribution in [-0.2, 0) is 4.79 Å². The maximum absolute atomic E-state index is 11.9. The van der Waals surface area contributed by atoms with Gasteiger partial charge in [-0.05, 0) is 37.1 Å². The second-order valence-electron chi connectivity index (χ2n) is 4.33. The van der Waals surface area contributed by atoms with Gasteiger partial charge < -0.3 is 15.2 Å². The molecule has 0 aromatic heterocycles. The van der Waals surface area contributed by atoms with Gasteiger partial charge in [-0.2, -0.15) is 0 Å². The first-order chi connectivity index (χ1) is 9.20. The minimum Gasteiger partial charge on any atom is -0.488 e. The highest BCUT2D eigenvalue weighted by Gasteiger charge is 2.16. The van der Waals surface area contributed by atoms with Gasteiger partial charge in [-0.1, -0.05) is 11.6 Å². The van der Waals surface area contributed by atoms with Crippen molar-refractivity contribution in [1.29, 1.82) is 0 Å². The molecule has 0 saturated carbocycles. The smallest absolute Gasteiger partial charge is 0.250 e. The molecule has 1 aliphatic rings. The normalized spacial score (nSPS) is 13.3. The number of carbonyl (C=O) groups excluding carboxylic acids is 1. The lowest BCUT2D eigenvalue weighted by molar-refractivity contribution is -0.117. The van der Waals surface area contributed by atoms with Crippen LogP contribution >= 0.6 is 11.6 Å². The summed E-state index contributed by atoms with van der Waals surface area (Å²) in [6.07, 6.45) is 3.25. The third kappa shape index (κ3) is 3.72. The number of aliphatic hydroxyl groups excluding tert-OH is 1. The Morgan fingerprint density at radius 1 is 1.42 bits per heavy atom. The van der Waals surface area contributed by atoms with Crippen molar-refractivity contribution < 1.29 is 14.6 Å². The van der Waals surface area contributed by atoms with Gasteiger partial charge in [0.15, 0.2) is 0 Å². The second kappa shape index (κ2) is 6.59. The van der Waals surface area contributed by atoms with E-state index in [0.29, 0.717) is 23.6 Å². The van der Waals surface area contributed by atoms with Crippen molar-refractivity contribution in [1.82, 2.24) is 5.32 Å². The average molecular weight is 282 g/mol. The predicted octanol–water partition coefficient (Wildman–Crippen LogP) is 2.00. The molecular weight excluding hydrogens is 266 g/mol. The molecule has 0 aliphatic carbocycles. The fourth-order valence-corrected chi connectivity index (χ4v) is 2.01. The summed E-state index contributed by atoms with van der Waals surface area (Å²) in [7, 11) is 0. The van der Waals surface area contributed by atoms with Gasteiger partial charge in [0.25, 0.3) is 5.91 Å². The van der Waals surface area contributed by atoms with Crippen LogP contribution in [0.15, 0.2) is 23.8 Å². The Labute approximate surface area is 117 Å². The van der Waals surface area contributed by atoms with Crippen molar-refractivity contribution in [2.45, 2.75) is 12.8 Å². The van der Waals surface area contributed by atoms with Crippen molar-refractivity contribution in [2.24, 2.45) is 0 Å². The van der Waals surface area contributed by atoms with Gasteiger partial charge in [-0.25, -0.2) is 0 Å². The highest BCUT2D eigenvalue weighted by Crippen LogP contribution is 2.28. The first-order valence-corrected chi connectivity index (χ1v) is 6.60. The lowest BCUT2D eigenvalue weighted by atomic mass is 10.1. The summed E-state index contributed by atoms with van der Waals surface area (Å²) in [5.74, 6) is 0.602. The van der Waals surface area contributed by atoms with Crippen LogP contribution in [0.2, 0.25) is 5.02 Å². The number of amides is 1. The summed E-state index contributed by atoms with van der Waals surface area (Å²) >= 11 is 5.91. The van der Waals surface area contributed by atoms with Crippen LogP contribution in [0.1, 0.15) is 18.4 Å². The van der Waals surface area contributed by atoms with E-state index in [2.05, 4.69) is 5.32 Å². The van der Waals surface area contributed by atoms with Gasteiger partial charge in [0, 0.05) is 23.7 Å². The number of fused-ring (bicyclic) bond motifs is 1. The molecule has 1 heterocycles. The second-order valence-corrected chi connectivity index (χ2v) is 4.76. The number of unbranched alkanes of at least 4 members (excludes halogenated alkanes) is 1. The molecule has 19 heavy (non-hydrogen) atoms. The minimum absolute atomic E-state index is 0.136. The number of ether oxygens (including phenoxy) is 1. The van der Waals surface area contributed by atoms with Crippen LogP contribution in [-0.4, -0.2) is 30.8 Å². The summed E-state index contributed by atoms with van der Waals surface area (Å²) < 4.78 is 5.51. The Hall–Kier alpha value is -1.52. The van der Waals surface area contributed by atoms with E-state index in [1.807, 2.05) is 0 Å². The highest BCUT2D eigenvalue weighted by atomic mass is 35.5. The standard InChI is InChI=1S/C14H16ClNO3/c15-12-3-4-13-10(8-12)7-11(9-19-13)14(18)16-5-1-2-6-17/h3-4,7-8,17H,1-2,5-6,9H2,(H,16,18). The zero-order chi connectivity index (χ0) is 13.7. The monoisotopic (exact) mass is 281 g/mol. The first-order valence-electron chi connectivity index (χ1n) is 6.22. The van der Waals surface area contributed by atoms with Gasteiger partial charge in [0.05, 0.1) is 5.57 Å². The van der Waals surface area contributed by atoms with E-state index < -0.39 is 0 Å². The Balaban J connectivity index is 2.00. The molecule has 1 aromatic carbocycles. The van der Waals surface area contributed by atoms with Crippen molar-refractivity contribution in [3.05, 3.63) is 34.4 Å². The topological polar surface area (TPSA) is 58.6 Å². The lowest BCUT2D eigenvalue weighted by Crippen LogP contribution is -2.29. The molecule has 1 aliphatic heterocycles. The Bertz CT molecular complexity index is 499. The summed E-state index contributed by atoms with van der Waals surface area (Å²) in [4.78, 5) is 11.9. The number of aliphatic hydroxyl groups is 1. The number of hydrogen-bond donors (Lipinski definition) is 2. The maximum atomic E-state index is 11.9. The third-order valence-electron chi connectivity index (χ3n) is 2.85. The first kappa shape index (κ1) is 13.9. The number of rotatable bonds is 5. The molecule has 0 bridgehead atoms. The number of carbonyl (C=O) groups is 1. The van der Waals surface area contributed by atoms with Crippen molar-refractivity contribution in [3.8, 4) is 5.75 Å². The molecule has 1 aromatic rings. The van der Waals surface area contributed by atoms with Gasteiger partial charge >= 0.3 is 0 Å². The summed E-state index contributed by atoms with van der Waals surface area (Å²) in [6.45, 7) is 0.965. The largest absolute Gasteiger partial charge is 0.488 e. The van der Waals surface area contributed by atoms with E-state index in [4.69, 9.17) is 21.4 Å². The van der Waals surface area contributed by atoms with E-state index in [9.17, 15) is 4.79 Å². The molecule has 2 N–H and O–H groups in total. The quantitative estimate of drug-likeness (QED) is 0.812. The zero-order valence-corrected chi connectivity index (χ0v) is 11.2. The average Bonchev–Trinajstić information content (AvgIpc) is 2.42. The number of hydrogen-bond acceptors (Lipinski definition) is 3. The van der Waals surface area contributed by atoms with Crippen LogP contribution in [0.5, 0.6) is 5.75 Å². The molecule has 0 saturated heterocycles. The molecule has 0 spiro atoms. The zero-order valence-electron chi connectivity index (χ0n) is 10.5. The van der Waals surface area contributed by atoms with Crippen molar-refractivity contribution in [3.63, 3.8) is 0 Å². The highest BCUT2D eigenvalue weighted by molar-refractivity contribution is 6.30. The molecule has 0 fully saturated rings. The number of nitrogens with one attached hydrogen (secondary N) is 1. The van der Waals surface area contributed by atoms with Gasteiger partial charge in [-0.3, -0.25) is 4.79 Å². The summed E-state index contributed by atoms with van der Waals surface area (Å²) in [5, 5.41) is 12.1. The van der Waals surface area contributed by atoms with Crippen LogP contribution in [0, 0.1) is 0 Å². The third-order valence-corrected chi connectivity index (χ3v) is 3.08. The predicted molar refractivity (Wildman–Crippen MR) is 74.3 cm³/mol. The fraction of sp³-hybridized carbons (Fsp3) is 0.357. The van der Waals surface area contributed by atoms with Crippen LogP contribution in [0.25, 0.3) is 6.08 Å². The molecule has 2 rings (SSSR count). The number of benzene rings is 1. The van der Waals surface area contributed by atoms with Crippen LogP contribution < -0.4 is 10.1 Å². The summed E-state index contributed by atoms with van der Waals surface area (Å²) in [5.41, 5.74) is 1.40. The molecule has 0 radical (unpaired) electrons. The molecule has 102 valence electrons. The van der Waals surface area contributed by atoms with E-state index >= 15 is 0 Å². The van der Waals surface area contributed by atoms with Crippen molar-refractivity contribution >= 4 is 23.6 Å². The van der Waals surface area contributed by atoms with E-state index in [-0.39, 0.29) is 19.1 Å². The van der Waals surface area contributed by atoms with Crippen LogP contribution in [0.3, 0.4) is 0 Å². The van der Waals surface area contributed by atoms with Gasteiger partial charge in [-0.15, -0.1) is 0 Å². The van der Waals surface area contributed by atoms with E-state index in [0.717, 1.165) is 17.7 Å². The van der Waals surface area contributed by atoms with Gasteiger partial charge in [0.1, 0.15) is 12.4 Å². The molecule has 1 amide bonds. The molecule has 0 unspecified atom stereocenters. The molecular formula is C14H16ClNO3. The molecule has 0 atom stereocenters. The Morgan fingerprint density at radius 2 is 2.26 bits per heavy atom. The molecule has 5 heteroatoms. The minimum atomic E-state index is -0.136. The fourth-order valence-electron chi connectivity index (χ4n) is 1.83. The van der Waals surface area contributed by atoms with E-state index in [1.54, 1.807) is 24.3 Å². The maximum Gasteiger partial charge on any atom is 0.250 e. The lowest BCUT2D eigenvalue weighted by Gasteiger charge is -2.17. The van der Waals surface area contributed by atoms with Crippen LogP contribution in [0.4, 0.5) is 0 Å². The Morgan fingerprint density at radius 3 is 3.05 bits per heavy atom. The van der Waals surface area contributed by atoms with Crippen molar-refractivity contribution in [2.75, 3.05) is 19.8 Å². The van der Waals surface area contributed by atoms with Gasteiger partial charge in [0.2, 0.25) is 0 Å². The SMILES string of the molecule is O=C(NCCCCO)C1=Cc2cc(Cl)ccc2OC1. The number of halogens is 1. The Kier molecular flexibility index (Phi) is 4.82. The summed E-state index contributed by atoms with van der Waals surface area (Å²) in [6, 6.07) is 5.33.